The summed E-state index contributed by atoms with van der Waals surface area (Å²) in [4.78, 5) is 0. The third-order valence-electron chi connectivity index (χ3n) is 12.7. The highest BCUT2D eigenvalue weighted by Gasteiger charge is 2.36. The molecule has 1 heteroatoms. The van der Waals surface area contributed by atoms with Crippen LogP contribution < -0.4 is 10.4 Å². The summed E-state index contributed by atoms with van der Waals surface area (Å²) in [6.07, 6.45) is 5.71. The van der Waals surface area contributed by atoms with Crippen molar-refractivity contribution in [3.63, 3.8) is 0 Å². The molecule has 272 valence electrons. The third kappa shape index (κ3) is 5.05. The standard InChI is InChI=1S/C56H42S/c1-5-15-42-39(6-2)53(44-22-9-10-23-45(44)54(42)43-24-14-17-34-16-7-8-20-40(34)43)38-19-13-18-35(30-38)36-27-29-50-48(31-36)49-33-47-37(32-51(49)56(50,3)4)26-28-46-41-21-11-12-25-52(41)57-55(46)47/h6-33H,5H2,1-4H3/b39-6+,42-15+. The molecule has 57 heavy (non-hydrogen) atoms. The Hall–Kier alpha value is -6.28. The summed E-state index contributed by atoms with van der Waals surface area (Å²) in [6.45, 7) is 9.24. The van der Waals surface area contributed by atoms with Crippen molar-refractivity contribution in [3.05, 3.63) is 179 Å². The van der Waals surface area contributed by atoms with Gasteiger partial charge in [0.2, 0.25) is 0 Å². The molecule has 1 aromatic heterocycles. The molecule has 0 saturated carbocycles. The van der Waals surface area contributed by atoms with Crippen LogP contribution in [0, 0.1) is 0 Å². The SMILES string of the molecule is C/C=c1/c(-c2cccc(-c3ccc4c(c3)-c3cc5c(ccc6c7ccccc7sc56)cc3C4(C)C)c2)c2ccccc2c(-c2cccc3ccccc23)/c1=C/CC. The Morgan fingerprint density at radius 3 is 1.98 bits per heavy atom. The van der Waals surface area contributed by atoms with Crippen molar-refractivity contribution in [1.82, 2.24) is 0 Å². The first-order valence-corrected chi connectivity index (χ1v) is 21.1. The zero-order chi connectivity index (χ0) is 38.4. The van der Waals surface area contributed by atoms with E-state index >= 15 is 0 Å². The van der Waals surface area contributed by atoms with Crippen LogP contribution >= 0.6 is 11.3 Å². The summed E-state index contributed by atoms with van der Waals surface area (Å²) in [5.74, 6) is 0. The highest BCUT2D eigenvalue weighted by Crippen LogP contribution is 2.52. The molecule has 11 rings (SSSR count). The topological polar surface area (TPSA) is 0 Å². The Balaban J connectivity index is 1.11. The molecule has 0 nitrogen and oxygen atoms in total. The molecule has 0 N–H and O–H groups in total. The maximum Gasteiger partial charge on any atom is 0.0434 e. The van der Waals surface area contributed by atoms with E-state index in [0.717, 1.165) is 6.42 Å². The second-order valence-corrected chi connectivity index (χ2v) is 17.2. The van der Waals surface area contributed by atoms with Gasteiger partial charge in [-0.25, -0.2) is 0 Å². The van der Waals surface area contributed by atoms with E-state index in [-0.39, 0.29) is 5.41 Å². The van der Waals surface area contributed by atoms with Crippen molar-refractivity contribution in [3.8, 4) is 44.5 Å². The summed E-state index contributed by atoms with van der Waals surface area (Å²) in [6, 6.07) is 59.5. The largest absolute Gasteiger partial charge is 0.135 e. The summed E-state index contributed by atoms with van der Waals surface area (Å²) in [5, 5.41) is 13.1. The van der Waals surface area contributed by atoms with Gasteiger partial charge in [0.05, 0.1) is 0 Å². The first-order chi connectivity index (χ1) is 27.9. The summed E-state index contributed by atoms with van der Waals surface area (Å²) in [5.41, 5.74) is 13.1. The molecule has 0 fully saturated rings. The van der Waals surface area contributed by atoms with Crippen molar-refractivity contribution in [2.45, 2.75) is 39.5 Å². The molecule has 0 saturated heterocycles. The van der Waals surface area contributed by atoms with Crippen LogP contribution in [-0.4, -0.2) is 0 Å². The van der Waals surface area contributed by atoms with Crippen LogP contribution in [0.1, 0.15) is 45.2 Å². The van der Waals surface area contributed by atoms with E-state index < -0.39 is 0 Å². The number of hydrogen-bond acceptors (Lipinski definition) is 1. The molecule has 0 spiro atoms. The van der Waals surface area contributed by atoms with Crippen LogP contribution in [0.5, 0.6) is 0 Å². The molecule has 0 bridgehead atoms. The second kappa shape index (κ2) is 12.9. The molecule has 0 unspecified atom stereocenters. The van der Waals surface area contributed by atoms with Crippen LogP contribution in [0.15, 0.2) is 158 Å². The van der Waals surface area contributed by atoms with Crippen LogP contribution in [0.4, 0.5) is 0 Å². The highest BCUT2D eigenvalue weighted by molar-refractivity contribution is 7.26. The number of thiophene rings is 1. The van der Waals surface area contributed by atoms with Gasteiger partial charge in [0.1, 0.15) is 0 Å². The van der Waals surface area contributed by atoms with Gasteiger partial charge in [-0.2, -0.15) is 0 Å². The average molecular weight is 747 g/mol. The van der Waals surface area contributed by atoms with Gasteiger partial charge in [-0.05, 0) is 137 Å². The minimum Gasteiger partial charge on any atom is -0.135 e. The van der Waals surface area contributed by atoms with Crippen LogP contribution in [-0.2, 0) is 5.41 Å². The summed E-state index contributed by atoms with van der Waals surface area (Å²) in [7, 11) is 0. The van der Waals surface area contributed by atoms with Gasteiger partial charge in [0.25, 0.3) is 0 Å². The van der Waals surface area contributed by atoms with E-state index in [1.165, 1.54) is 119 Å². The predicted octanol–water partition coefficient (Wildman–Crippen LogP) is 14.8. The minimum absolute atomic E-state index is 0.0862. The molecular formula is C56H42S. The molecule has 1 heterocycles. The monoisotopic (exact) mass is 746 g/mol. The van der Waals surface area contributed by atoms with Gasteiger partial charge < -0.3 is 0 Å². The molecule has 0 aliphatic heterocycles. The number of benzene rings is 9. The zero-order valence-electron chi connectivity index (χ0n) is 32.8. The van der Waals surface area contributed by atoms with Gasteiger partial charge in [-0.15, -0.1) is 11.3 Å². The average Bonchev–Trinajstić information content (AvgIpc) is 3.74. The van der Waals surface area contributed by atoms with Gasteiger partial charge in [0, 0.05) is 31.0 Å². The van der Waals surface area contributed by atoms with E-state index in [4.69, 9.17) is 0 Å². The van der Waals surface area contributed by atoms with E-state index in [9.17, 15) is 0 Å². The van der Waals surface area contributed by atoms with Crippen LogP contribution in [0.3, 0.4) is 0 Å². The number of fused-ring (bicyclic) bond motifs is 10. The Labute approximate surface area is 337 Å². The second-order valence-electron chi connectivity index (χ2n) is 16.2. The van der Waals surface area contributed by atoms with Crippen LogP contribution in [0.25, 0.3) is 109 Å². The first kappa shape index (κ1) is 34.0. The Kier molecular flexibility index (Phi) is 7.68. The fraction of sp³-hybridized carbons (Fsp3) is 0.107. The minimum atomic E-state index is -0.0862. The summed E-state index contributed by atoms with van der Waals surface area (Å²) < 4.78 is 2.73. The van der Waals surface area contributed by atoms with Crippen molar-refractivity contribution < 1.29 is 0 Å². The van der Waals surface area contributed by atoms with E-state index in [1.54, 1.807) is 0 Å². The number of rotatable bonds is 4. The van der Waals surface area contributed by atoms with Crippen molar-refractivity contribution >= 4 is 76.0 Å². The maximum atomic E-state index is 2.49. The van der Waals surface area contributed by atoms with E-state index in [2.05, 4.69) is 198 Å². The molecule has 1 aliphatic rings. The first-order valence-electron chi connectivity index (χ1n) is 20.3. The predicted molar refractivity (Wildman–Crippen MR) is 250 cm³/mol. The third-order valence-corrected chi connectivity index (χ3v) is 13.9. The van der Waals surface area contributed by atoms with E-state index in [1.807, 2.05) is 11.3 Å². The maximum absolute atomic E-state index is 2.49. The lowest BCUT2D eigenvalue weighted by molar-refractivity contribution is 0.661. The number of hydrogen-bond donors (Lipinski definition) is 0. The molecule has 0 amide bonds. The molecule has 0 atom stereocenters. The quantitative estimate of drug-likeness (QED) is 0.168. The fourth-order valence-electron chi connectivity index (χ4n) is 10.0. The van der Waals surface area contributed by atoms with Crippen molar-refractivity contribution in [2.75, 3.05) is 0 Å². The fourth-order valence-corrected chi connectivity index (χ4v) is 11.3. The van der Waals surface area contributed by atoms with Crippen molar-refractivity contribution in [2.24, 2.45) is 0 Å². The Morgan fingerprint density at radius 2 is 1.16 bits per heavy atom. The van der Waals surface area contributed by atoms with Gasteiger partial charge >= 0.3 is 0 Å². The molecular weight excluding hydrogens is 705 g/mol. The molecule has 0 radical (unpaired) electrons. The normalized spacial score (nSPS) is 14.0. The van der Waals surface area contributed by atoms with Gasteiger partial charge in [-0.1, -0.05) is 160 Å². The Morgan fingerprint density at radius 1 is 0.474 bits per heavy atom. The lowest BCUT2D eigenvalue weighted by Gasteiger charge is -2.22. The van der Waals surface area contributed by atoms with E-state index in [0.29, 0.717) is 0 Å². The smallest absolute Gasteiger partial charge is 0.0434 e. The summed E-state index contributed by atoms with van der Waals surface area (Å²) >= 11 is 1.92. The van der Waals surface area contributed by atoms with Crippen LogP contribution in [0.2, 0.25) is 0 Å². The molecule has 9 aromatic carbocycles. The lowest BCUT2D eigenvalue weighted by Crippen LogP contribution is -2.29. The van der Waals surface area contributed by atoms with Gasteiger partial charge in [0.15, 0.2) is 0 Å². The molecule has 1 aliphatic carbocycles. The zero-order valence-corrected chi connectivity index (χ0v) is 33.6. The lowest BCUT2D eigenvalue weighted by atomic mass is 9.81. The van der Waals surface area contributed by atoms with Gasteiger partial charge in [-0.3, -0.25) is 0 Å². The Bertz CT molecular complexity index is 3420. The van der Waals surface area contributed by atoms with Crippen molar-refractivity contribution in [1.29, 1.82) is 0 Å². The highest BCUT2D eigenvalue weighted by atomic mass is 32.1. The molecule has 10 aromatic rings.